The second-order valence-corrected chi connectivity index (χ2v) is 6.30. The minimum atomic E-state index is 0.486. The molecule has 0 radical (unpaired) electrons. The van der Waals surface area contributed by atoms with Crippen molar-refractivity contribution in [3.8, 4) is 0 Å². The molecule has 0 unspecified atom stereocenters. The number of imidazole rings is 1. The van der Waals surface area contributed by atoms with Gasteiger partial charge >= 0.3 is 0 Å². The fourth-order valence-corrected chi connectivity index (χ4v) is 3.31. The number of nitrogens with zero attached hydrogens (tertiary/aromatic N) is 3. The SMILES string of the molecule is CNCc1ccc(Cn2c(C)nc3c(N)nc4ccccc4c32)cc1. The van der Waals surface area contributed by atoms with Gasteiger partial charge in [0.15, 0.2) is 5.82 Å². The van der Waals surface area contributed by atoms with Crippen LogP contribution in [-0.4, -0.2) is 21.6 Å². The number of hydrogen-bond donors (Lipinski definition) is 2. The number of nitrogen functional groups attached to an aromatic ring is 1. The maximum Gasteiger partial charge on any atom is 0.152 e. The third-order valence-corrected chi connectivity index (χ3v) is 4.55. The van der Waals surface area contributed by atoms with Crippen LogP contribution in [0.5, 0.6) is 0 Å². The number of hydrogen-bond acceptors (Lipinski definition) is 4. The van der Waals surface area contributed by atoms with Crippen LogP contribution < -0.4 is 11.1 Å². The highest BCUT2D eigenvalue weighted by Crippen LogP contribution is 2.29. The Bertz CT molecular complexity index is 1050. The number of para-hydroxylation sites is 1. The fourth-order valence-electron chi connectivity index (χ4n) is 3.31. The van der Waals surface area contributed by atoms with Crippen molar-refractivity contribution in [1.82, 2.24) is 19.9 Å². The van der Waals surface area contributed by atoms with Gasteiger partial charge in [0.05, 0.1) is 11.0 Å². The summed E-state index contributed by atoms with van der Waals surface area (Å²) in [6.45, 7) is 3.65. The van der Waals surface area contributed by atoms with Crippen LogP contribution >= 0.6 is 0 Å². The van der Waals surface area contributed by atoms with Crippen molar-refractivity contribution in [2.75, 3.05) is 12.8 Å². The number of nitrogens with two attached hydrogens (primary N) is 1. The van der Waals surface area contributed by atoms with Crippen molar-refractivity contribution in [3.05, 3.63) is 65.5 Å². The lowest BCUT2D eigenvalue weighted by molar-refractivity contribution is 0.783. The van der Waals surface area contributed by atoms with Gasteiger partial charge in [0.2, 0.25) is 0 Å². The molecule has 0 aliphatic carbocycles. The van der Waals surface area contributed by atoms with Gasteiger partial charge in [0, 0.05) is 18.5 Å². The molecule has 2 heterocycles. The summed E-state index contributed by atoms with van der Waals surface area (Å²) in [7, 11) is 1.96. The molecule has 0 aliphatic rings. The molecule has 0 atom stereocenters. The first-order valence-electron chi connectivity index (χ1n) is 8.41. The van der Waals surface area contributed by atoms with Gasteiger partial charge in [-0.25, -0.2) is 9.97 Å². The van der Waals surface area contributed by atoms with Crippen molar-refractivity contribution < 1.29 is 0 Å². The van der Waals surface area contributed by atoms with Crippen molar-refractivity contribution in [2.24, 2.45) is 0 Å². The Morgan fingerprint density at radius 3 is 2.48 bits per heavy atom. The van der Waals surface area contributed by atoms with Gasteiger partial charge in [-0.3, -0.25) is 0 Å². The van der Waals surface area contributed by atoms with Crippen molar-refractivity contribution in [2.45, 2.75) is 20.0 Å². The van der Waals surface area contributed by atoms with Crippen LogP contribution in [0.25, 0.3) is 21.9 Å². The Labute approximate surface area is 146 Å². The lowest BCUT2D eigenvalue weighted by atomic mass is 10.1. The Morgan fingerprint density at radius 1 is 1.00 bits per heavy atom. The molecular weight excluding hydrogens is 310 g/mol. The normalized spacial score (nSPS) is 11.4. The molecule has 0 aliphatic heterocycles. The first-order valence-corrected chi connectivity index (χ1v) is 8.41. The van der Waals surface area contributed by atoms with Crippen molar-refractivity contribution in [1.29, 1.82) is 0 Å². The van der Waals surface area contributed by atoms with Gasteiger partial charge in [-0.05, 0) is 31.2 Å². The van der Waals surface area contributed by atoms with Gasteiger partial charge in [-0.1, -0.05) is 42.5 Å². The van der Waals surface area contributed by atoms with E-state index < -0.39 is 0 Å². The number of aromatic nitrogens is 3. The minimum absolute atomic E-state index is 0.486. The summed E-state index contributed by atoms with van der Waals surface area (Å²) >= 11 is 0. The predicted molar refractivity (Wildman–Crippen MR) is 102 cm³/mol. The molecule has 126 valence electrons. The number of pyridine rings is 1. The van der Waals surface area contributed by atoms with E-state index in [2.05, 4.69) is 50.2 Å². The first kappa shape index (κ1) is 15.6. The van der Waals surface area contributed by atoms with Crippen LogP contribution in [-0.2, 0) is 13.1 Å². The molecule has 0 bridgehead atoms. The zero-order valence-corrected chi connectivity index (χ0v) is 14.5. The van der Waals surface area contributed by atoms with Gasteiger partial charge in [0.25, 0.3) is 0 Å². The second kappa shape index (κ2) is 6.18. The number of aryl methyl sites for hydroxylation is 1. The van der Waals surface area contributed by atoms with E-state index in [1.807, 2.05) is 32.2 Å². The third kappa shape index (κ3) is 2.72. The summed E-state index contributed by atoms with van der Waals surface area (Å²) in [5, 5.41) is 4.26. The van der Waals surface area contributed by atoms with Crippen LogP contribution in [0.15, 0.2) is 48.5 Å². The summed E-state index contributed by atoms with van der Waals surface area (Å²) < 4.78 is 2.22. The molecule has 2 aromatic heterocycles. The zero-order chi connectivity index (χ0) is 17.4. The number of nitrogens with one attached hydrogen (secondary N) is 1. The molecular formula is C20H21N5. The molecule has 0 saturated carbocycles. The Hall–Kier alpha value is -2.92. The lowest BCUT2D eigenvalue weighted by Crippen LogP contribution is -2.06. The molecule has 4 rings (SSSR count). The van der Waals surface area contributed by atoms with Crippen molar-refractivity contribution in [3.63, 3.8) is 0 Å². The quantitative estimate of drug-likeness (QED) is 0.602. The highest BCUT2D eigenvalue weighted by Gasteiger charge is 2.15. The molecule has 0 amide bonds. The summed E-state index contributed by atoms with van der Waals surface area (Å²) in [6, 6.07) is 16.7. The average Bonchev–Trinajstić information content (AvgIpc) is 2.95. The maximum atomic E-state index is 6.16. The van der Waals surface area contributed by atoms with E-state index in [0.717, 1.165) is 40.9 Å². The smallest absolute Gasteiger partial charge is 0.152 e. The molecule has 5 heteroatoms. The van der Waals surface area contributed by atoms with E-state index in [9.17, 15) is 0 Å². The van der Waals surface area contributed by atoms with E-state index >= 15 is 0 Å². The summed E-state index contributed by atoms with van der Waals surface area (Å²) in [6.07, 6.45) is 0. The second-order valence-electron chi connectivity index (χ2n) is 6.30. The van der Waals surface area contributed by atoms with E-state index in [1.165, 1.54) is 11.1 Å². The highest BCUT2D eigenvalue weighted by atomic mass is 15.1. The maximum absolute atomic E-state index is 6.16. The van der Waals surface area contributed by atoms with E-state index in [4.69, 9.17) is 5.73 Å². The molecule has 0 fully saturated rings. The van der Waals surface area contributed by atoms with Crippen LogP contribution in [0.4, 0.5) is 5.82 Å². The van der Waals surface area contributed by atoms with Crippen LogP contribution in [0.3, 0.4) is 0 Å². The average molecular weight is 331 g/mol. The number of fused-ring (bicyclic) bond motifs is 3. The first-order chi connectivity index (χ1) is 12.2. The summed E-state index contributed by atoms with van der Waals surface area (Å²) in [5.41, 5.74) is 11.4. The molecule has 4 aromatic rings. The molecule has 2 aromatic carbocycles. The van der Waals surface area contributed by atoms with Gasteiger partial charge in [-0.15, -0.1) is 0 Å². The monoisotopic (exact) mass is 331 g/mol. The fraction of sp³-hybridized carbons (Fsp3) is 0.200. The molecule has 5 nitrogen and oxygen atoms in total. The summed E-state index contributed by atoms with van der Waals surface area (Å²) in [4.78, 5) is 9.16. The largest absolute Gasteiger partial charge is 0.382 e. The number of benzene rings is 2. The minimum Gasteiger partial charge on any atom is -0.382 e. The van der Waals surface area contributed by atoms with Crippen molar-refractivity contribution >= 4 is 27.8 Å². The Morgan fingerprint density at radius 2 is 1.72 bits per heavy atom. The molecule has 0 spiro atoms. The Kier molecular flexibility index (Phi) is 3.86. The zero-order valence-electron chi connectivity index (χ0n) is 14.5. The molecule has 25 heavy (non-hydrogen) atoms. The van der Waals surface area contributed by atoms with Gasteiger partial charge in [0.1, 0.15) is 11.3 Å². The highest BCUT2D eigenvalue weighted by molar-refractivity contribution is 6.06. The van der Waals surface area contributed by atoms with E-state index in [1.54, 1.807) is 0 Å². The van der Waals surface area contributed by atoms with Crippen LogP contribution in [0.2, 0.25) is 0 Å². The van der Waals surface area contributed by atoms with E-state index in [-0.39, 0.29) is 0 Å². The van der Waals surface area contributed by atoms with Gasteiger partial charge in [-0.2, -0.15) is 0 Å². The topological polar surface area (TPSA) is 68.8 Å². The lowest BCUT2D eigenvalue weighted by Gasteiger charge is -2.10. The molecule has 3 N–H and O–H groups in total. The van der Waals surface area contributed by atoms with Gasteiger partial charge < -0.3 is 15.6 Å². The third-order valence-electron chi connectivity index (χ3n) is 4.55. The number of rotatable bonds is 4. The molecule has 0 saturated heterocycles. The number of anilines is 1. The van der Waals surface area contributed by atoms with Crippen LogP contribution in [0.1, 0.15) is 17.0 Å². The predicted octanol–water partition coefficient (Wildman–Crippen LogP) is 3.24. The summed E-state index contributed by atoms with van der Waals surface area (Å²) in [5.74, 6) is 1.43. The Balaban J connectivity index is 1.85. The standard InChI is InChI=1S/C20H21N5/c1-13-23-18-19(16-5-3-4-6-17(16)24-20(18)21)25(13)12-15-9-7-14(8-10-15)11-22-2/h3-10,22H,11-12H2,1-2H3,(H2,21,24). The van der Waals surface area contributed by atoms with Crippen LogP contribution in [0, 0.1) is 6.92 Å². The van der Waals surface area contributed by atoms with E-state index in [0.29, 0.717) is 5.82 Å².